The second kappa shape index (κ2) is 6.20. The van der Waals surface area contributed by atoms with Crippen LogP contribution in [0.3, 0.4) is 0 Å². The number of halogens is 1. The van der Waals surface area contributed by atoms with Gasteiger partial charge in [0.2, 0.25) is 0 Å². The molecule has 0 saturated carbocycles. The van der Waals surface area contributed by atoms with Crippen LogP contribution in [0, 0.1) is 0 Å². The molecule has 0 aliphatic carbocycles. The Morgan fingerprint density at radius 3 is 2.80 bits per heavy atom. The molecule has 1 aliphatic heterocycles. The first kappa shape index (κ1) is 16.2. The van der Waals surface area contributed by atoms with E-state index in [-0.39, 0.29) is 11.9 Å². The molecule has 4 heterocycles. The molecule has 130 valence electrons. The molecule has 1 amide bonds. The topological polar surface area (TPSA) is 97.0 Å². The Morgan fingerprint density at radius 2 is 2.08 bits per heavy atom. The van der Waals surface area contributed by atoms with Crippen molar-refractivity contribution in [3.8, 4) is 0 Å². The molecule has 1 saturated heterocycles. The van der Waals surface area contributed by atoms with Gasteiger partial charge in [-0.25, -0.2) is 9.67 Å². The van der Waals surface area contributed by atoms with Crippen molar-refractivity contribution >= 4 is 39.6 Å². The van der Waals surface area contributed by atoms with Crippen LogP contribution in [0.25, 0.3) is 22.1 Å². The van der Waals surface area contributed by atoms with Crippen LogP contribution in [-0.2, 0) is 4.79 Å². The summed E-state index contributed by atoms with van der Waals surface area (Å²) in [7, 11) is 0. The molecule has 1 fully saturated rings. The van der Waals surface area contributed by atoms with Crippen LogP contribution >= 0.6 is 11.6 Å². The van der Waals surface area contributed by atoms with E-state index in [9.17, 15) is 9.90 Å². The van der Waals surface area contributed by atoms with E-state index >= 15 is 0 Å². The van der Waals surface area contributed by atoms with E-state index in [0.717, 1.165) is 23.9 Å². The van der Waals surface area contributed by atoms with Crippen LogP contribution in [0.5, 0.6) is 0 Å². The highest BCUT2D eigenvalue weighted by Crippen LogP contribution is 2.29. The molecule has 9 heteroatoms. The molecule has 3 aromatic heterocycles. The molecule has 0 radical (unpaired) electrons. The molecule has 0 bridgehead atoms. The first-order valence-electron chi connectivity index (χ1n) is 8.17. The van der Waals surface area contributed by atoms with Gasteiger partial charge in [-0.1, -0.05) is 16.8 Å². The van der Waals surface area contributed by atoms with Gasteiger partial charge in [-0.05, 0) is 31.9 Å². The van der Waals surface area contributed by atoms with Gasteiger partial charge in [-0.2, -0.15) is 0 Å². The molecular weight excluding hydrogens is 344 g/mol. The summed E-state index contributed by atoms with van der Waals surface area (Å²) in [6, 6.07) is 3.64. The van der Waals surface area contributed by atoms with Crippen molar-refractivity contribution in [1.82, 2.24) is 29.9 Å². The summed E-state index contributed by atoms with van der Waals surface area (Å²) in [4.78, 5) is 22.4. The van der Waals surface area contributed by atoms with E-state index in [0.29, 0.717) is 29.3 Å². The van der Waals surface area contributed by atoms with Crippen molar-refractivity contribution in [3.05, 3.63) is 23.5 Å². The maximum absolute atomic E-state index is 11.9. The summed E-state index contributed by atoms with van der Waals surface area (Å²) >= 11 is 6.05. The van der Waals surface area contributed by atoms with Crippen LogP contribution in [0.4, 0.5) is 0 Å². The Balaban J connectivity index is 1.69. The van der Waals surface area contributed by atoms with E-state index < -0.39 is 6.10 Å². The predicted octanol–water partition coefficient (Wildman–Crippen LogP) is 1.57. The zero-order valence-electron chi connectivity index (χ0n) is 13.6. The van der Waals surface area contributed by atoms with Gasteiger partial charge in [0.05, 0.1) is 17.8 Å². The third-order valence-corrected chi connectivity index (χ3v) is 4.80. The summed E-state index contributed by atoms with van der Waals surface area (Å²) < 4.78 is 1.87. The lowest BCUT2D eigenvalue weighted by atomic mass is 10.0. The highest BCUT2D eigenvalue weighted by atomic mass is 35.5. The normalized spacial score (nSPS) is 17.3. The highest BCUT2D eigenvalue weighted by Gasteiger charge is 2.28. The summed E-state index contributed by atoms with van der Waals surface area (Å²) in [5.41, 5.74) is 2.90. The molecule has 0 aromatic carbocycles. The maximum atomic E-state index is 11.9. The molecule has 8 nitrogen and oxygen atoms in total. The van der Waals surface area contributed by atoms with Gasteiger partial charge in [0.15, 0.2) is 0 Å². The summed E-state index contributed by atoms with van der Waals surface area (Å²) in [6.07, 6.45) is 2.19. The lowest BCUT2D eigenvalue weighted by Gasteiger charge is -2.32. The monoisotopic (exact) mass is 360 g/mol. The van der Waals surface area contributed by atoms with E-state index in [1.807, 2.05) is 10.7 Å². The van der Waals surface area contributed by atoms with E-state index in [4.69, 9.17) is 11.6 Å². The van der Waals surface area contributed by atoms with E-state index in [1.54, 1.807) is 17.2 Å². The molecular formula is C16H17ClN6O2. The van der Waals surface area contributed by atoms with Gasteiger partial charge in [0, 0.05) is 13.1 Å². The minimum atomic E-state index is -0.967. The van der Waals surface area contributed by atoms with Crippen LogP contribution in [0.15, 0.2) is 18.3 Å². The number of aliphatic hydroxyl groups is 1. The van der Waals surface area contributed by atoms with Gasteiger partial charge in [-0.3, -0.25) is 9.78 Å². The number of piperidine rings is 1. The summed E-state index contributed by atoms with van der Waals surface area (Å²) in [5.74, 6) is -0.231. The lowest BCUT2D eigenvalue weighted by Crippen LogP contribution is -2.43. The SMILES string of the molecule is CC(O)C(=O)N1CCC(n2nnc3cnc4ccc(Cl)nc4c32)CC1. The maximum Gasteiger partial charge on any atom is 0.251 e. The van der Waals surface area contributed by atoms with Crippen LogP contribution in [-0.4, -0.2) is 60.1 Å². The fourth-order valence-corrected chi connectivity index (χ4v) is 3.46. The van der Waals surface area contributed by atoms with Crippen molar-refractivity contribution in [1.29, 1.82) is 0 Å². The number of fused-ring (bicyclic) bond motifs is 3. The van der Waals surface area contributed by atoms with Crippen molar-refractivity contribution in [3.63, 3.8) is 0 Å². The molecule has 4 rings (SSSR count). The number of pyridine rings is 2. The molecule has 1 N–H and O–H groups in total. The van der Waals surface area contributed by atoms with Crippen molar-refractivity contribution < 1.29 is 9.90 Å². The fourth-order valence-electron chi connectivity index (χ4n) is 3.31. The Bertz CT molecular complexity index is 948. The van der Waals surface area contributed by atoms with Crippen LogP contribution < -0.4 is 0 Å². The van der Waals surface area contributed by atoms with Gasteiger partial charge >= 0.3 is 0 Å². The lowest BCUT2D eigenvalue weighted by molar-refractivity contribution is -0.140. The van der Waals surface area contributed by atoms with E-state index in [2.05, 4.69) is 20.3 Å². The van der Waals surface area contributed by atoms with Crippen molar-refractivity contribution in [2.45, 2.75) is 31.9 Å². The number of hydrogen-bond acceptors (Lipinski definition) is 6. The minimum Gasteiger partial charge on any atom is -0.384 e. The molecule has 1 unspecified atom stereocenters. The minimum absolute atomic E-state index is 0.106. The van der Waals surface area contributed by atoms with Gasteiger partial charge < -0.3 is 10.0 Å². The highest BCUT2D eigenvalue weighted by molar-refractivity contribution is 6.30. The smallest absolute Gasteiger partial charge is 0.251 e. The quantitative estimate of drug-likeness (QED) is 0.697. The second-order valence-corrected chi connectivity index (χ2v) is 6.65. The predicted molar refractivity (Wildman–Crippen MR) is 92.2 cm³/mol. The number of nitrogens with zero attached hydrogens (tertiary/aromatic N) is 6. The Hall–Kier alpha value is -2.32. The number of amides is 1. The number of carbonyl (C=O) groups excluding carboxylic acids is 1. The number of rotatable bonds is 2. The first-order valence-corrected chi connectivity index (χ1v) is 8.55. The number of hydrogen-bond donors (Lipinski definition) is 1. The number of likely N-dealkylation sites (tertiary alicyclic amines) is 1. The Labute approximate surface area is 148 Å². The molecule has 25 heavy (non-hydrogen) atoms. The van der Waals surface area contributed by atoms with Crippen LogP contribution in [0.1, 0.15) is 25.8 Å². The summed E-state index contributed by atoms with van der Waals surface area (Å²) in [6.45, 7) is 2.65. The van der Waals surface area contributed by atoms with Crippen molar-refractivity contribution in [2.75, 3.05) is 13.1 Å². The first-order chi connectivity index (χ1) is 12.0. The Kier molecular flexibility index (Phi) is 4.01. The Morgan fingerprint density at radius 1 is 1.32 bits per heavy atom. The number of carbonyl (C=O) groups is 1. The molecule has 1 aliphatic rings. The van der Waals surface area contributed by atoms with Crippen molar-refractivity contribution in [2.24, 2.45) is 0 Å². The zero-order chi connectivity index (χ0) is 17.6. The standard InChI is InChI=1S/C16H17ClN6O2/c1-9(24)16(25)22-6-4-10(5-7-22)23-15-12(20-21-23)8-18-11-2-3-13(17)19-14(11)15/h2-3,8-10,24H,4-7H2,1H3. The zero-order valence-corrected chi connectivity index (χ0v) is 14.4. The molecule has 1 atom stereocenters. The fraction of sp³-hybridized carbons (Fsp3) is 0.438. The van der Waals surface area contributed by atoms with Gasteiger partial charge in [0.25, 0.3) is 5.91 Å². The third-order valence-electron chi connectivity index (χ3n) is 4.59. The van der Waals surface area contributed by atoms with E-state index in [1.165, 1.54) is 6.92 Å². The number of aliphatic hydroxyl groups excluding tert-OH is 1. The third kappa shape index (κ3) is 2.81. The average Bonchev–Trinajstić information content (AvgIpc) is 3.05. The molecule has 3 aromatic rings. The second-order valence-electron chi connectivity index (χ2n) is 6.26. The molecule has 0 spiro atoms. The largest absolute Gasteiger partial charge is 0.384 e. The van der Waals surface area contributed by atoms with Crippen LogP contribution in [0.2, 0.25) is 5.15 Å². The summed E-state index contributed by atoms with van der Waals surface area (Å²) in [5, 5.41) is 18.4. The number of aromatic nitrogens is 5. The van der Waals surface area contributed by atoms with Gasteiger partial charge in [0.1, 0.15) is 27.8 Å². The van der Waals surface area contributed by atoms with Gasteiger partial charge in [-0.15, -0.1) is 5.10 Å². The average molecular weight is 361 g/mol.